The molecule has 1 N–H and O–H groups in total. The molecule has 134 valence electrons. The van der Waals surface area contributed by atoms with Crippen LogP contribution < -0.4 is 14.8 Å². The standard InChI is InChI=1S/C17H21N3O5/c1-22-12-3-4-14(16(10-12)23-2)18-17(21)15-9-13(25-19-15)11-20-5-7-24-8-6-20/h3-4,9-10H,5-8,11H2,1-2H3,(H,18,21). The molecule has 8 nitrogen and oxygen atoms in total. The zero-order chi connectivity index (χ0) is 17.6. The predicted molar refractivity (Wildman–Crippen MR) is 90.1 cm³/mol. The monoisotopic (exact) mass is 347 g/mol. The highest BCUT2D eigenvalue weighted by Gasteiger charge is 2.18. The van der Waals surface area contributed by atoms with Crippen molar-refractivity contribution in [1.82, 2.24) is 10.1 Å². The van der Waals surface area contributed by atoms with Crippen molar-refractivity contribution in [3.8, 4) is 11.5 Å². The van der Waals surface area contributed by atoms with Gasteiger partial charge in [0.2, 0.25) is 0 Å². The maximum Gasteiger partial charge on any atom is 0.277 e. The van der Waals surface area contributed by atoms with E-state index in [0.29, 0.717) is 42.7 Å². The lowest BCUT2D eigenvalue weighted by molar-refractivity contribution is 0.0305. The van der Waals surface area contributed by atoms with Gasteiger partial charge in [-0.25, -0.2) is 0 Å². The maximum absolute atomic E-state index is 12.4. The van der Waals surface area contributed by atoms with Crippen molar-refractivity contribution in [3.05, 3.63) is 35.7 Å². The van der Waals surface area contributed by atoms with Crippen LogP contribution in [-0.2, 0) is 11.3 Å². The average molecular weight is 347 g/mol. The van der Waals surface area contributed by atoms with E-state index in [1.165, 1.54) is 7.11 Å². The Bertz CT molecular complexity index is 725. The van der Waals surface area contributed by atoms with Gasteiger partial charge < -0.3 is 24.1 Å². The molecule has 8 heteroatoms. The molecule has 1 saturated heterocycles. The minimum atomic E-state index is -0.361. The number of carbonyl (C=O) groups is 1. The minimum absolute atomic E-state index is 0.223. The number of rotatable bonds is 6. The largest absolute Gasteiger partial charge is 0.497 e. The summed E-state index contributed by atoms with van der Waals surface area (Å²) in [5, 5.41) is 6.63. The number of ether oxygens (including phenoxy) is 3. The lowest BCUT2D eigenvalue weighted by Gasteiger charge is -2.25. The van der Waals surface area contributed by atoms with Gasteiger partial charge in [0.25, 0.3) is 5.91 Å². The minimum Gasteiger partial charge on any atom is -0.497 e. The highest BCUT2D eigenvalue weighted by atomic mass is 16.5. The third-order valence-electron chi connectivity index (χ3n) is 3.93. The molecule has 1 aliphatic heterocycles. The third-order valence-corrected chi connectivity index (χ3v) is 3.93. The number of benzene rings is 1. The molecule has 0 radical (unpaired) electrons. The van der Waals surface area contributed by atoms with Crippen LogP contribution >= 0.6 is 0 Å². The van der Waals surface area contributed by atoms with Gasteiger partial charge in [-0.2, -0.15) is 0 Å². The van der Waals surface area contributed by atoms with E-state index >= 15 is 0 Å². The molecule has 3 rings (SSSR count). The normalized spacial score (nSPS) is 15.0. The average Bonchev–Trinajstić information content (AvgIpc) is 3.11. The van der Waals surface area contributed by atoms with Crippen molar-refractivity contribution < 1.29 is 23.5 Å². The SMILES string of the molecule is COc1ccc(NC(=O)c2cc(CN3CCOCC3)on2)c(OC)c1. The Morgan fingerprint density at radius 1 is 1.24 bits per heavy atom. The van der Waals surface area contributed by atoms with E-state index in [1.807, 2.05) is 0 Å². The van der Waals surface area contributed by atoms with Gasteiger partial charge in [0.05, 0.1) is 39.7 Å². The summed E-state index contributed by atoms with van der Waals surface area (Å²) in [4.78, 5) is 14.6. The number of nitrogens with zero attached hydrogens (tertiary/aromatic N) is 2. The first kappa shape index (κ1) is 17.2. The first-order chi connectivity index (χ1) is 12.2. The van der Waals surface area contributed by atoms with Gasteiger partial charge in [0.1, 0.15) is 11.5 Å². The van der Waals surface area contributed by atoms with E-state index in [2.05, 4.69) is 15.4 Å². The Morgan fingerprint density at radius 3 is 2.76 bits per heavy atom. The van der Waals surface area contributed by atoms with E-state index in [4.69, 9.17) is 18.7 Å². The molecular formula is C17H21N3O5. The molecule has 1 fully saturated rings. The predicted octanol–water partition coefficient (Wildman–Crippen LogP) is 1.78. The second kappa shape index (κ2) is 8.00. The zero-order valence-corrected chi connectivity index (χ0v) is 14.3. The van der Waals surface area contributed by atoms with Gasteiger partial charge in [0, 0.05) is 25.2 Å². The van der Waals surface area contributed by atoms with E-state index in [1.54, 1.807) is 31.4 Å². The second-order valence-electron chi connectivity index (χ2n) is 5.59. The number of hydrogen-bond acceptors (Lipinski definition) is 7. The van der Waals surface area contributed by atoms with Crippen molar-refractivity contribution >= 4 is 11.6 Å². The van der Waals surface area contributed by atoms with E-state index in [-0.39, 0.29) is 11.6 Å². The van der Waals surface area contributed by atoms with E-state index in [0.717, 1.165) is 13.1 Å². The number of amides is 1. The number of aromatic nitrogens is 1. The highest BCUT2D eigenvalue weighted by molar-refractivity contribution is 6.03. The van der Waals surface area contributed by atoms with Gasteiger partial charge >= 0.3 is 0 Å². The number of morpholine rings is 1. The lowest BCUT2D eigenvalue weighted by Crippen LogP contribution is -2.35. The van der Waals surface area contributed by atoms with Crippen molar-refractivity contribution in [1.29, 1.82) is 0 Å². The molecule has 0 saturated carbocycles. The van der Waals surface area contributed by atoms with Gasteiger partial charge in [-0.1, -0.05) is 5.16 Å². The van der Waals surface area contributed by atoms with Crippen LogP contribution in [0.3, 0.4) is 0 Å². The number of methoxy groups -OCH3 is 2. The van der Waals surface area contributed by atoms with Crippen LogP contribution in [0.1, 0.15) is 16.2 Å². The first-order valence-corrected chi connectivity index (χ1v) is 7.98. The number of hydrogen-bond donors (Lipinski definition) is 1. The van der Waals surface area contributed by atoms with Crippen LogP contribution in [0.5, 0.6) is 11.5 Å². The van der Waals surface area contributed by atoms with Gasteiger partial charge in [-0.05, 0) is 12.1 Å². The van der Waals surface area contributed by atoms with Crippen molar-refractivity contribution in [2.75, 3.05) is 45.8 Å². The molecule has 1 amide bonds. The number of carbonyl (C=O) groups excluding carboxylic acids is 1. The summed E-state index contributed by atoms with van der Waals surface area (Å²) >= 11 is 0. The van der Waals surface area contributed by atoms with Crippen LogP contribution in [0.4, 0.5) is 5.69 Å². The molecule has 1 aliphatic rings. The van der Waals surface area contributed by atoms with Gasteiger partial charge in [0.15, 0.2) is 11.5 Å². The summed E-state index contributed by atoms with van der Waals surface area (Å²) in [6.07, 6.45) is 0. The molecule has 0 aliphatic carbocycles. The summed E-state index contributed by atoms with van der Waals surface area (Å²) in [5.74, 6) is 1.43. The Labute approximate surface area is 145 Å². The first-order valence-electron chi connectivity index (χ1n) is 7.98. The summed E-state index contributed by atoms with van der Waals surface area (Å²) in [6, 6.07) is 6.80. The van der Waals surface area contributed by atoms with Crippen molar-refractivity contribution in [2.45, 2.75) is 6.54 Å². The molecule has 2 aromatic rings. The van der Waals surface area contributed by atoms with E-state index in [9.17, 15) is 4.79 Å². The lowest BCUT2D eigenvalue weighted by atomic mass is 10.2. The van der Waals surface area contributed by atoms with Gasteiger partial charge in [-0.3, -0.25) is 9.69 Å². The van der Waals surface area contributed by atoms with Gasteiger partial charge in [-0.15, -0.1) is 0 Å². The molecule has 0 unspecified atom stereocenters. The molecule has 0 bridgehead atoms. The molecule has 1 aromatic carbocycles. The Morgan fingerprint density at radius 2 is 2.04 bits per heavy atom. The fraction of sp³-hybridized carbons (Fsp3) is 0.412. The summed E-state index contributed by atoms with van der Waals surface area (Å²) in [7, 11) is 3.10. The summed E-state index contributed by atoms with van der Waals surface area (Å²) in [6.45, 7) is 3.70. The molecule has 0 atom stereocenters. The smallest absolute Gasteiger partial charge is 0.277 e. The molecule has 25 heavy (non-hydrogen) atoms. The van der Waals surface area contributed by atoms with Crippen LogP contribution in [0, 0.1) is 0 Å². The Hall–Kier alpha value is -2.58. The van der Waals surface area contributed by atoms with Crippen molar-refractivity contribution in [3.63, 3.8) is 0 Å². The van der Waals surface area contributed by atoms with Crippen LogP contribution in [0.2, 0.25) is 0 Å². The van der Waals surface area contributed by atoms with Crippen molar-refractivity contribution in [2.24, 2.45) is 0 Å². The topological polar surface area (TPSA) is 86.1 Å². The van der Waals surface area contributed by atoms with Crippen LogP contribution in [-0.4, -0.2) is 56.5 Å². The molecular weight excluding hydrogens is 326 g/mol. The molecule has 2 heterocycles. The molecule has 1 aromatic heterocycles. The Balaban J connectivity index is 1.65. The zero-order valence-electron chi connectivity index (χ0n) is 14.3. The fourth-order valence-corrected chi connectivity index (χ4v) is 2.56. The highest BCUT2D eigenvalue weighted by Crippen LogP contribution is 2.29. The van der Waals surface area contributed by atoms with Crippen LogP contribution in [0.15, 0.2) is 28.8 Å². The van der Waals surface area contributed by atoms with E-state index < -0.39 is 0 Å². The summed E-state index contributed by atoms with van der Waals surface area (Å²) < 4.78 is 21.0. The van der Waals surface area contributed by atoms with Crippen LogP contribution in [0.25, 0.3) is 0 Å². The second-order valence-corrected chi connectivity index (χ2v) is 5.59. The number of nitrogens with one attached hydrogen (secondary N) is 1. The Kier molecular flexibility index (Phi) is 5.52. The fourth-order valence-electron chi connectivity index (χ4n) is 2.56. The third kappa shape index (κ3) is 4.28. The summed E-state index contributed by atoms with van der Waals surface area (Å²) in [5.41, 5.74) is 0.757. The quantitative estimate of drug-likeness (QED) is 0.852. The number of anilines is 1. The maximum atomic E-state index is 12.4. The molecule has 0 spiro atoms.